The van der Waals surface area contributed by atoms with Gasteiger partial charge in [-0.15, -0.1) is 0 Å². The Balaban J connectivity index is 2.07. The number of aliphatic hydroxyl groups is 1. The first-order valence-corrected chi connectivity index (χ1v) is 8.79. The lowest BCUT2D eigenvalue weighted by molar-refractivity contribution is 0.0616. The molecular weight excluding hydrogens is 354 g/mol. The normalized spacial score (nSPS) is 14.0. The summed E-state index contributed by atoms with van der Waals surface area (Å²) in [4.78, 5) is 4.56. The largest absolute Gasteiger partial charge is 0.496 e. The van der Waals surface area contributed by atoms with Gasteiger partial charge in [-0.05, 0) is 26.0 Å². The zero-order chi connectivity index (χ0) is 19.2. The Kier molecular flexibility index (Phi) is 6.88. The topological polar surface area (TPSA) is 83.7 Å². The van der Waals surface area contributed by atoms with Crippen molar-refractivity contribution in [2.75, 3.05) is 20.2 Å². The maximum absolute atomic E-state index is 10.7. The van der Waals surface area contributed by atoms with Gasteiger partial charge in [0.1, 0.15) is 11.4 Å². The molecule has 1 atom stereocenters. The van der Waals surface area contributed by atoms with Crippen LogP contribution in [0, 0.1) is 0 Å². The highest BCUT2D eigenvalue weighted by Crippen LogP contribution is 2.23. The Labute approximate surface area is 159 Å². The van der Waals surface area contributed by atoms with Crippen molar-refractivity contribution in [1.82, 2.24) is 20.4 Å². The summed E-state index contributed by atoms with van der Waals surface area (Å²) in [6, 6.07) is 5.46. The zero-order valence-corrected chi connectivity index (χ0v) is 16.3. The Bertz CT molecular complexity index is 758. The van der Waals surface area contributed by atoms with Gasteiger partial charge in [0.05, 0.1) is 26.4 Å². The van der Waals surface area contributed by atoms with Crippen LogP contribution in [-0.2, 0) is 19.2 Å². The molecular formula is C18H26ClN5O2. The second-order valence-corrected chi connectivity index (χ2v) is 6.62. The van der Waals surface area contributed by atoms with Crippen molar-refractivity contribution in [3.63, 3.8) is 0 Å². The van der Waals surface area contributed by atoms with E-state index in [1.807, 2.05) is 26.1 Å². The number of nitrogens with one attached hydrogen (secondary N) is 2. The number of benzene rings is 1. The second kappa shape index (κ2) is 8.91. The summed E-state index contributed by atoms with van der Waals surface area (Å²) in [5.74, 6) is 1.30. The lowest BCUT2D eigenvalue weighted by Gasteiger charge is -2.23. The number of aryl methyl sites for hydroxylation is 1. The highest BCUT2D eigenvalue weighted by molar-refractivity contribution is 6.30. The standard InChI is InChI=1S/C18H26ClN5O2/c1-5-20-17(21-9-13-6-7-15(19)8-16(13)26-4)22-12-18(2,25)14-10-23-24(3)11-14/h6-8,10-11,25H,5,9,12H2,1-4H3,(H2,20,21,22). The summed E-state index contributed by atoms with van der Waals surface area (Å²) in [6.07, 6.45) is 3.45. The predicted octanol–water partition coefficient (Wildman–Crippen LogP) is 2.04. The summed E-state index contributed by atoms with van der Waals surface area (Å²) in [6.45, 7) is 5.15. The van der Waals surface area contributed by atoms with Crippen LogP contribution in [0.4, 0.5) is 0 Å². The van der Waals surface area contributed by atoms with Crippen LogP contribution in [0.15, 0.2) is 35.6 Å². The minimum absolute atomic E-state index is 0.294. The van der Waals surface area contributed by atoms with E-state index in [9.17, 15) is 5.11 Å². The molecule has 0 aliphatic rings. The van der Waals surface area contributed by atoms with Gasteiger partial charge in [-0.25, -0.2) is 4.99 Å². The molecule has 8 heteroatoms. The van der Waals surface area contributed by atoms with Gasteiger partial charge in [0.25, 0.3) is 0 Å². The van der Waals surface area contributed by atoms with Crippen molar-refractivity contribution in [3.8, 4) is 5.75 Å². The lowest BCUT2D eigenvalue weighted by Crippen LogP contribution is -2.44. The fraction of sp³-hybridized carbons (Fsp3) is 0.444. The molecule has 2 aromatic rings. The van der Waals surface area contributed by atoms with Crippen LogP contribution in [0.5, 0.6) is 5.75 Å². The molecule has 0 aliphatic carbocycles. The van der Waals surface area contributed by atoms with Crippen molar-refractivity contribution in [3.05, 3.63) is 46.7 Å². The van der Waals surface area contributed by atoms with Crippen molar-refractivity contribution in [2.45, 2.75) is 26.0 Å². The molecule has 0 saturated carbocycles. The summed E-state index contributed by atoms with van der Waals surface area (Å²) in [7, 11) is 3.42. The van der Waals surface area contributed by atoms with Crippen LogP contribution in [0.25, 0.3) is 0 Å². The van der Waals surface area contributed by atoms with Gasteiger partial charge in [-0.3, -0.25) is 4.68 Å². The van der Waals surface area contributed by atoms with Crippen LogP contribution >= 0.6 is 11.6 Å². The van der Waals surface area contributed by atoms with Crippen molar-refractivity contribution in [2.24, 2.45) is 12.0 Å². The molecule has 0 fully saturated rings. The fourth-order valence-corrected chi connectivity index (χ4v) is 2.57. The number of hydrogen-bond acceptors (Lipinski definition) is 4. The van der Waals surface area contributed by atoms with E-state index < -0.39 is 5.60 Å². The fourth-order valence-electron chi connectivity index (χ4n) is 2.41. The van der Waals surface area contributed by atoms with Gasteiger partial charge in [-0.2, -0.15) is 5.10 Å². The molecule has 3 N–H and O–H groups in total. The first kappa shape index (κ1) is 20.1. The summed E-state index contributed by atoms with van der Waals surface area (Å²) in [5, 5.41) is 21.7. The number of hydrogen-bond donors (Lipinski definition) is 3. The Morgan fingerprint density at radius 2 is 2.19 bits per heavy atom. The molecule has 0 spiro atoms. The third-order valence-electron chi connectivity index (χ3n) is 3.93. The Hall–Kier alpha value is -2.25. The van der Waals surface area contributed by atoms with Crippen LogP contribution in [0.1, 0.15) is 25.0 Å². The van der Waals surface area contributed by atoms with Crippen molar-refractivity contribution < 1.29 is 9.84 Å². The monoisotopic (exact) mass is 379 g/mol. The number of methoxy groups -OCH3 is 1. The number of aliphatic imine (C=N–C) groups is 1. The van der Waals surface area contributed by atoms with Crippen LogP contribution in [0.2, 0.25) is 5.02 Å². The first-order valence-electron chi connectivity index (χ1n) is 8.42. The molecule has 2 rings (SSSR count). The van der Waals surface area contributed by atoms with E-state index in [1.165, 1.54) is 0 Å². The summed E-state index contributed by atoms with van der Waals surface area (Å²) < 4.78 is 7.01. The van der Waals surface area contributed by atoms with Gasteiger partial charge < -0.3 is 20.5 Å². The third-order valence-corrected chi connectivity index (χ3v) is 4.16. The molecule has 0 amide bonds. The molecule has 0 bridgehead atoms. The molecule has 0 radical (unpaired) electrons. The molecule has 142 valence electrons. The number of ether oxygens (including phenoxy) is 1. The van der Waals surface area contributed by atoms with E-state index in [2.05, 4.69) is 20.7 Å². The van der Waals surface area contributed by atoms with Gasteiger partial charge in [-0.1, -0.05) is 17.7 Å². The highest BCUT2D eigenvalue weighted by atomic mass is 35.5. The lowest BCUT2D eigenvalue weighted by atomic mass is 10.00. The maximum atomic E-state index is 10.7. The predicted molar refractivity (Wildman–Crippen MR) is 104 cm³/mol. The molecule has 7 nitrogen and oxygen atoms in total. The van der Waals surface area contributed by atoms with E-state index in [-0.39, 0.29) is 0 Å². The van der Waals surface area contributed by atoms with Gasteiger partial charge in [0, 0.05) is 35.9 Å². The highest BCUT2D eigenvalue weighted by Gasteiger charge is 2.25. The zero-order valence-electron chi connectivity index (χ0n) is 15.6. The molecule has 1 aromatic heterocycles. The Morgan fingerprint density at radius 1 is 1.42 bits per heavy atom. The van der Waals surface area contributed by atoms with E-state index >= 15 is 0 Å². The van der Waals surface area contributed by atoms with Gasteiger partial charge >= 0.3 is 0 Å². The molecule has 1 heterocycles. The number of guanidine groups is 1. The summed E-state index contributed by atoms with van der Waals surface area (Å²) in [5.41, 5.74) is 0.596. The number of rotatable bonds is 7. The van der Waals surface area contributed by atoms with Crippen LogP contribution in [0.3, 0.4) is 0 Å². The average Bonchev–Trinajstić information content (AvgIpc) is 3.05. The minimum Gasteiger partial charge on any atom is -0.496 e. The van der Waals surface area contributed by atoms with Gasteiger partial charge in [0.15, 0.2) is 5.96 Å². The van der Waals surface area contributed by atoms with Crippen LogP contribution in [-0.4, -0.2) is 41.0 Å². The number of aromatic nitrogens is 2. The first-order chi connectivity index (χ1) is 12.4. The second-order valence-electron chi connectivity index (χ2n) is 6.18. The number of nitrogens with zero attached hydrogens (tertiary/aromatic N) is 3. The smallest absolute Gasteiger partial charge is 0.191 e. The molecule has 1 unspecified atom stereocenters. The average molecular weight is 380 g/mol. The molecule has 26 heavy (non-hydrogen) atoms. The molecule has 1 aromatic carbocycles. The molecule has 0 aliphatic heterocycles. The third kappa shape index (κ3) is 5.37. The van der Waals surface area contributed by atoms with Crippen molar-refractivity contribution in [1.29, 1.82) is 0 Å². The van der Waals surface area contributed by atoms with Crippen molar-refractivity contribution >= 4 is 17.6 Å². The Morgan fingerprint density at radius 3 is 2.81 bits per heavy atom. The minimum atomic E-state index is -1.07. The summed E-state index contributed by atoms with van der Waals surface area (Å²) >= 11 is 5.99. The number of halogens is 1. The SMILES string of the molecule is CCNC(=NCc1ccc(Cl)cc1OC)NCC(C)(O)c1cnn(C)c1. The van der Waals surface area contributed by atoms with E-state index in [1.54, 1.807) is 37.2 Å². The van der Waals surface area contributed by atoms with E-state index in [0.717, 1.165) is 11.1 Å². The van der Waals surface area contributed by atoms with E-state index in [4.69, 9.17) is 16.3 Å². The van der Waals surface area contributed by atoms with E-state index in [0.29, 0.717) is 36.4 Å². The van der Waals surface area contributed by atoms with Gasteiger partial charge in [0.2, 0.25) is 0 Å². The van der Waals surface area contributed by atoms with Crippen LogP contribution < -0.4 is 15.4 Å². The maximum Gasteiger partial charge on any atom is 0.191 e. The molecule has 0 saturated heterocycles. The quantitative estimate of drug-likeness (QED) is 0.506.